The van der Waals surface area contributed by atoms with Gasteiger partial charge >= 0.3 is 6.18 Å². The number of aromatic nitrogens is 2. The molecule has 3 rings (SSSR count). The largest absolute Gasteiger partial charge is 0.435 e. The number of allylic oxidation sites excluding steroid dienone is 2. The van der Waals surface area contributed by atoms with Crippen LogP contribution in [0, 0.1) is 5.82 Å². The molecule has 0 amide bonds. The summed E-state index contributed by atoms with van der Waals surface area (Å²) < 4.78 is 52.5. The average Bonchev–Trinajstić information content (AvgIpc) is 2.66. The molecule has 0 bridgehead atoms. The van der Waals surface area contributed by atoms with Gasteiger partial charge in [-0.2, -0.15) is 13.2 Å². The Balaban J connectivity index is 1.83. The monoisotopic (exact) mass is 378 g/mol. The van der Waals surface area contributed by atoms with Crippen molar-refractivity contribution in [3.8, 4) is 0 Å². The first-order chi connectivity index (χ1) is 12.9. The number of nitrogens with zero attached hydrogens (tertiary/aromatic N) is 3. The molecule has 0 atom stereocenters. The average molecular weight is 378 g/mol. The lowest BCUT2D eigenvalue weighted by Crippen LogP contribution is -2.44. The lowest BCUT2D eigenvalue weighted by molar-refractivity contribution is -0.141. The molecular weight excluding hydrogens is 360 g/mol. The van der Waals surface area contributed by atoms with E-state index < -0.39 is 11.9 Å². The molecule has 4 nitrogen and oxygen atoms in total. The molecule has 1 N–H and O–H groups in total. The van der Waals surface area contributed by atoms with Gasteiger partial charge < -0.3 is 10.2 Å². The fourth-order valence-electron chi connectivity index (χ4n) is 2.69. The molecule has 142 valence electrons. The fraction of sp³-hybridized carbons (Fsp3) is 0.263. The minimum Gasteiger partial charge on any atom is -0.353 e. The maximum atomic E-state index is 13.2. The second-order valence-electron chi connectivity index (χ2n) is 6.01. The van der Waals surface area contributed by atoms with E-state index in [1.54, 1.807) is 24.3 Å². The van der Waals surface area contributed by atoms with Crippen LogP contribution in [0.2, 0.25) is 0 Å². The van der Waals surface area contributed by atoms with Crippen LogP contribution in [0.25, 0.3) is 12.2 Å². The molecule has 0 aliphatic carbocycles. The molecule has 8 heteroatoms. The highest BCUT2D eigenvalue weighted by Gasteiger charge is 2.36. The zero-order chi connectivity index (χ0) is 19.3. The van der Waals surface area contributed by atoms with Crippen LogP contribution in [-0.2, 0) is 6.18 Å². The van der Waals surface area contributed by atoms with Crippen LogP contribution in [0.4, 0.5) is 23.4 Å². The first kappa shape index (κ1) is 19.0. The molecule has 1 aromatic carbocycles. The van der Waals surface area contributed by atoms with Crippen LogP contribution >= 0.6 is 0 Å². The lowest BCUT2D eigenvalue weighted by Gasteiger charge is -2.28. The predicted octanol–water partition coefficient (Wildman–Crippen LogP) is 3.77. The fourth-order valence-corrected chi connectivity index (χ4v) is 2.69. The molecule has 1 aliphatic heterocycles. The van der Waals surface area contributed by atoms with E-state index in [-0.39, 0.29) is 11.4 Å². The number of benzene rings is 1. The highest BCUT2D eigenvalue weighted by Crippen LogP contribution is 2.32. The highest BCUT2D eigenvalue weighted by molar-refractivity contribution is 5.61. The van der Waals surface area contributed by atoms with Gasteiger partial charge in [0.1, 0.15) is 5.82 Å². The minimum atomic E-state index is -4.59. The second kappa shape index (κ2) is 8.30. The number of anilines is 1. The summed E-state index contributed by atoms with van der Waals surface area (Å²) in [4.78, 5) is 1.90. The molecule has 0 radical (unpaired) electrons. The van der Waals surface area contributed by atoms with E-state index >= 15 is 0 Å². The van der Waals surface area contributed by atoms with E-state index in [0.717, 1.165) is 18.7 Å². The number of halogens is 4. The molecule has 2 aromatic rings. The smallest absolute Gasteiger partial charge is 0.353 e. The quantitative estimate of drug-likeness (QED) is 0.650. The Bertz CT molecular complexity index is 823. The summed E-state index contributed by atoms with van der Waals surface area (Å²) in [5.41, 5.74) is -0.325. The lowest BCUT2D eigenvalue weighted by atomic mass is 10.1. The van der Waals surface area contributed by atoms with E-state index in [2.05, 4.69) is 15.5 Å². The molecule has 2 heterocycles. The maximum absolute atomic E-state index is 13.2. The summed E-state index contributed by atoms with van der Waals surface area (Å²) in [5, 5.41) is 10.4. The van der Waals surface area contributed by atoms with Gasteiger partial charge in [-0.15, -0.1) is 10.2 Å². The summed E-state index contributed by atoms with van der Waals surface area (Å²) in [6.45, 7) is 2.81. The predicted molar refractivity (Wildman–Crippen MR) is 96.6 cm³/mol. The van der Waals surface area contributed by atoms with Crippen molar-refractivity contribution >= 4 is 18.0 Å². The number of piperazine rings is 1. The van der Waals surface area contributed by atoms with Gasteiger partial charge in [0.25, 0.3) is 0 Å². The summed E-state index contributed by atoms with van der Waals surface area (Å²) in [7, 11) is 0. The number of hydrogen-bond acceptors (Lipinski definition) is 4. The number of hydrogen-bond donors (Lipinski definition) is 1. The van der Waals surface area contributed by atoms with Crippen LogP contribution in [0.15, 0.2) is 42.5 Å². The Morgan fingerprint density at radius 1 is 0.963 bits per heavy atom. The van der Waals surface area contributed by atoms with Crippen molar-refractivity contribution in [2.24, 2.45) is 0 Å². The van der Waals surface area contributed by atoms with Gasteiger partial charge in [0.2, 0.25) is 0 Å². The Morgan fingerprint density at radius 2 is 1.63 bits per heavy atom. The van der Waals surface area contributed by atoms with Gasteiger partial charge in [-0.25, -0.2) is 4.39 Å². The number of alkyl halides is 3. The van der Waals surface area contributed by atoms with E-state index in [4.69, 9.17) is 0 Å². The second-order valence-corrected chi connectivity index (χ2v) is 6.01. The Hall–Kier alpha value is -2.74. The molecule has 0 spiro atoms. The Kier molecular flexibility index (Phi) is 5.85. The summed E-state index contributed by atoms with van der Waals surface area (Å²) in [5.74, 6) is 0.0764. The molecule has 1 aromatic heterocycles. The summed E-state index contributed by atoms with van der Waals surface area (Å²) >= 11 is 0. The van der Waals surface area contributed by atoms with Gasteiger partial charge in [0.15, 0.2) is 11.5 Å². The van der Waals surface area contributed by atoms with Crippen LogP contribution in [0.1, 0.15) is 16.8 Å². The van der Waals surface area contributed by atoms with Crippen LogP contribution in [0.5, 0.6) is 0 Å². The van der Waals surface area contributed by atoms with E-state index in [1.165, 1.54) is 30.4 Å². The molecule has 1 saturated heterocycles. The van der Waals surface area contributed by atoms with Crippen molar-refractivity contribution in [2.75, 3.05) is 31.1 Å². The van der Waals surface area contributed by atoms with Crippen molar-refractivity contribution in [3.63, 3.8) is 0 Å². The topological polar surface area (TPSA) is 41.0 Å². The van der Waals surface area contributed by atoms with Crippen LogP contribution in [0.3, 0.4) is 0 Å². The van der Waals surface area contributed by atoms with Crippen molar-refractivity contribution in [1.82, 2.24) is 15.5 Å². The van der Waals surface area contributed by atoms with Crippen LogP contribution in [-0.4, -0.2) is 36.4 Å². The normalized spacial score (nSPS) is 15.8. The van der Waals surface area contributed by atoms with Crippen molar-refractivity contribution < 1.29 is 17.6 Å². The van der Waals surface area contributed by atoms with Gasteiger partial charge in [-0.05, 0) is 23.8 Å². The standard InChI is InChI=1S/C19H18F4N4/c20-16-7-5-14(6-8-16)3-1-2-4-15-13-17(27-11-9-24-10-12-27)25-26-18(15)19(21,22)23/h1-8,13,24H,9-12H2/b3-1-,4-2+. The zero-order valence-corrected chi connectivity index (χ0v) is 14.4. The third-order valence-electron chi connectivity index (χ3n) is 4.07. The van der Waals surface area contributed by atoms with E-state index in [9.17, 15) is 17.6 Å². The molecule has 27 heavy (non-hydrogen) atoms. The molecule has 1 fully saturated rings. The number of rotatable bonds is 4. The molecular formula is C19H18F4N4. The number of nitrogens with one attached hydrogen (secondary N) is 1. The Morgan fingerprint density at radius 3 is 2.30 bits per heavy atom. The van der Waals surface area contributed by atoms with Crippen molar-refractivity contribution in [2.45, 2.75) is 6.18 Å². The van der Waals surface area contributed by atoms with E-state index in [1.807, 2.05) is 4.90 Å². The van der Waals surface area contributed by atoms with E-state index in [0.29, 0.717) is 18.9 Å². The summed E-state index contributed by atoms with van der Waals surface area (Å²) in [6.07, 6.45) is 1.53. The van der Waals surface area contributed by atoms with Gasteiger partial charge in [-0.3, -0.25) is 0 Å². The van der Waals surface area contributed by atoms with Crippen LogP contribution < -0.4 is 10.2 Å². The van der Waals surface area contributed by atoms with Gasteiger partial charge in [-0.1, -0.05) is 36.4 Å². The maximum Gasteiger partial charge on any atom is 0.435 e. The first-order valence-electron chi connectivity index (χ1n) is 8.44. The van der Waals surface area contributed by atoms with Gasteiger partial charge in [0.05, 0.1) is 0 Å². The van der Waals surface area contributed by atoms with Crippen molar-refractivity contribution in [1.29, 1.82) is 0 Å². The molecule has 0 unspecified atom stereocenters. The Labute approximate surface area is 154 Å². The summed E-state index contributed by atoms with van der Waals surface area (Å²) in [6, 6.07) is 7.20. The SMILES string of the molecule is Fc1ccc(/C=C\C=C\c2cc(N3CCNCC3)nnc2C(F)(F)F)cc1. The van der Waals surface area contributed by atoms with Gasteiger partial charge in [0, 0.05) is 31.7 Å². The minimum absolute atomic E-state index is 0.0465. The van der Waals surface area contributed by atoms with Crippen molar-refractivity contribution in [3.05, 3.63) is 65.1 Å². The third-order valence-corrected chi connectivity index (χ3v) is 4.07. The first-order valence-corrected chi connectivity index (χ1v) is 8.44. The molecule has 1 aliphatic rings. The zero-order valence-electron chi connectivity index (χ0n) is 14.4. The molecule has 0 saturated carbocycles. The third kappa shape index (κ3) is 5.13. The highest BCUT2D eigenvalue weighted by atomic mass is 19.4.